The largest absolute Gasteiger partial charge is 0.468 e. The summed E-state index contributed by atoms with van der Waals surface area (Å²) in [6.07, 6.45) is 2.54. The van der Waals surface area contributed by atoms with Crippen LogP contribution in [0.3, 0.4) is 0 Å². The van der Waals surface area contributed by atoms with Gasteiger partial charge >= 0.3 is 5.97 Å². The lowest BCUT2D eigenvalue weighted by molar-refractivity contribution is -0.149. The summed E-state index contributed by atoms with van der Waals surface area (Å²) >= 11 is 1.66. The maximum Gasteiger partial charge on any atom is 0.316 e. The molecule has 0 bridgehead atoms. The number of carbonyl (C=O) groups is 2. The molecule has 0 aromatic heterocycles. The van der Waals surface area contributed by atoms with E-state index in [0.717, 1.165) is 18.6 Å². The van der Waals surface area contributed by atoms with Crippen LogP contribution in [0.2, 0.25) is 0 Å². The van der Waals surface area contributed by atoms with Gasteiger partial charge in [-0.1, -0.05) is 6.92 Å². The second-order valence-corrected chi connectivity index (χ2v) is 4.70. The van der Waals surface area contributed by atoms with Crippen LogP contribution in [-0.2, 0) is 14.3 Å². The average Bonchev–Trinajstić information content (AvgIpc) is 2.71. The third-order valence-corrected chi connectivity index (χ3v) is 3.88. The van der Waals surface area contributed by atoms with E-state index in [9.17, 15) is 9.59 Å². The molecule has 1 fully saturated rings. The standard InChI is InChI=1S/C10H16O3S/c1-3-7(10(12)13-2)9(11)8-5-4-6-14-8/h7-8H,3-6H2,1-2H3. The van der Waals surface area contributed by atoms with Crippen molar-refractivity contribution < 1.29 is 14.3 Å². The van der Waals surface area contributed by atoms with Gasteiger partial charge in [0.05, 0.1) is 12.4 Å². The van der Waals surface area contributed by atoms with E-state index in [1.54, 1.807) is 11.8 Å². The van der Waals surface area contributed by atoms with Crippen molar-refractivity contribution in [3.05, 3.63) is 0 Å². The molecule has 0 amide bonds. The van der Waals surface area contributed by atoms with Gasteiger partial charge in [-0.2, -0.15) is 11.8 Å². The molecular weight excluding hydrogens is 200 g/mol. The molecule has 0 aromatic rings. The topological polar surface area (TPSA) is 43.4 Å². The predicted molar refractivity (Wildman–Crippen MR) is 56.3 cm³/mol. The Kier molecular flexibility index (Phi) is 4.45. The molecule has 0 spiro atoms. The Morgan fingerprint density at radius 3 is 2.71 bits per heavy atom. The molecule has 14 heavy (non-hydrogen) atoms. The molecule has 0 aromatic carbocycles. The van der Waals surface area contributed by atoms with Gasteiger partial charge in [-0.3, -0.25) is 9.59 Å². The lowest BCUT2D eigenvalue weighted by atomic mass is 9.97. The molecule has 1 heterocycles. The minimum Gasteiger partial charge on any atom is -0.468 e. The summed E-state index contributed by atoms with van der Waals surface area (Å²) in [5.41, 5.74) is 0. The molecule has 0 aliphatic carbocycles. The van der Waals surface area contributed by atoms with Gasteiger partial charge in [-0.05, 0) is 25.0 Å². The number of ether oxygens (including phenoxy) is 1. The van der Waals surface area contributed by atoms with Gasteiger partial charge in [-0.15, -0.1) is 0 Å². The molecule has 2 unspecified atom stereocenters. The number of carbonyl (C=O) groups excluding carboxylic acids is 2. The third-order valence-electron chi connectivity index (χ3n) is 2.48. The van der Waals surface area contributed by atoms with E-state index in [1.165, 1.54) is 7.11 Å². The van der Waals surface area contributed by atoms with Gasteiger partial charge in [0.2, 0.25) is 0 Å². The van der Waals surface area contributed by atoms with Crippen molar-refractivity contribution in [1.82, 2.24) is 0 Å². The fraction of sp³-hybridized carbons (Fsp3) is 0.800. The smallest absolute Gasteiger partial charge is 0.316 e. The highest BCUT2D eigenvalue weighted by Crippen LogP contribution is 2.29. The molecule has 1 aliphatic rings. The summed E-state index contributed by atoms with van der Waals surface area (Å²) < 4.78 is 4.61. The normalized spacial score (nSPS) is 23.1. The summed E-state index contributed by atoms with van der Waals surface area (Å²) in [6, 6.07) is 0. The maximum atomic E-state index is 11.9. The number of thioether (sulfide) groups is 1. The van der Waals surface area contributed by atoms with Gasteiger partial charge in [0.15, 0.2) is 5.78 Å². The second kappa shape index (κ2) is 5.39. The summed E-state index contributed by atoms with van der Waals surface area (Å²) in [5.74, 6) is 0.163. The molecule has 1 aliphatic heterocycles. The van der Waals surface area contributed by atoms with E-state index in [-0.39, 0.29) is 17.0 Å². The van der Waals surface area contributed by atoms with Crippen LogP contribution >= 0.6 is 11.8 Å². The Balaban J connectivity index is 2.59. The van der Waals surface area contributed by atoms with Gasteiger partial charge in [-0.25, -0.2) is 0 Å². The quantitative estimate of drug-likeness (QED) is 0.529. The number of methoxy groups -OCH3 is 1. The zero-order chi connectivity index (χ0) is 10.6. The minimum atomic E-state index is -0.546. The average molecular weight is 216 g/mol. The first-order valence-electron chi connectivity index (χ1n) is 4.93. The van der Waals surface area contributed by atoms with E-state index in [0.29, 0.717) is 6.42 Å². The van der Waals surface area contributed by atoms with E-state index < -0.39 is 5.92 Å². The maximum absolute atomic E-state index is 11.9. The van der Waals surface area contributed by atoms with Crippen molar-refractivity contribution in [3.63, 3.8) is 0 Å². The van der Waals surface area contributed by atoms with E-state index >= 15 is 0 Å². The summed E-state index contributed by atoms with van der Waals surface area (Å²) in [4.78, 5) is 23.1. The Bertz CT molecular complexity index is 221. The van der Waals surface area contributed by atoms with Gasteiger partial charge in [0.1, 0.15) is 5.92 Å². The lowest BCUT2D eigenvalue weighted by Crippen LogP contribution is -2.30. The van der Waals surface area contributed by atoms with E-state index in [1.807, 2.05) is 6.92 Å². The van der Waals surface area contributed by atoms with Crippen molar-refractivity contribution in [2.75, 3.05) is 12.9 Å². The zero-order valence-corrected chi connectivity index (χ0v) is 9.43. The number of esters is 1. The number of ketones is 1. The van der Waals surface area contributed by atoms with Crippen LogP contribution in [0, 0.1) is 5.92 Å². The highest BCUT2D eigenvalue weighted by molar-refractivity contribution is 8.00. The molecule has 0 radical (unpaired) electrons. The van der Waals surface area contributed by atoms with Gasteiger partial charge < -0.3 is 4.74 Å². The summed E-state index contributed by atoms with van der Waals surface area (Å²) in [5, 5.41) is 0.0269. The highest BCUT2D eigenvalue weighted by Gasteiger charge is 2.33. The van der Waals surface area contributed by atoms with Crippen molar-refractivity contribution in [1.29, 1.82) is 0 Å². The van der Waals surface area contributed by atoms with E-state index in [4.69, 9.17) is 0 Å². The first kappa shape index (κ1) is 11.6. The number of hydrogen-bond acceptors (Lipinski definition) is 4. The molecule has 4 heteroatoms. The first-order valence-corrected chi connectivity index (χ1v) is 5.98. The van der Waals surface area contributed by atoms with Crippen LogP contribution in [0.1, 0.15) is 26.2 Å². The molecule has 0 N–H and O–H groups in total. The lowest BCUT2D eigenvalue weighted by Gasteiger charge is -2.14. The van der Waals surface area contributed by atoms with Crippen molar-refractivity contribution in [3.8, 4) is 0 Å². The number of Topliss-reactive ketones (excluding diaryl/α,β-unsaturated/α-hetero) is 1. The molecule has 1 rings (SSSR count). The Labute approximate surface area is 88.6 Å². The van der Waals surface area contributed by atoms with Crippen molar-refractivity contribution >= 4 is 23.5 Å². The molecule has 1 saturated heterocycles. The predicted octanol–water partition coefficient (Wildman–Crippen LogP) is 1.65. The number of rotatable bonds is 4. The number of hydrogen-bond donors (Lipinski definition) is 0. The van der Waals surface area contributed by atoms with Crippen LogP contribution in [-0.4, -0.2) is 29.9 Å². The summed E-state index contributed by atoms with van der Waals surface area (Å²) in [6.45, 7) is 1.85. The minimum absolute atomic E-state index is 0.0269. The third kappa shape index (κ3) is 2.50. The Hall–Kier alpha value is -0.510. The fourth-order valence-electron chi connectivity index (χ4n) is 1.65. The van der Waals surface area contributed by atoms with Crippen molar-refractivity contribution in [2.45, 2.75) is 31.4 Å². The van der Waals surface area contributed by atoms with E-state index in [2.05, 4.69) is 4.74 Å². The Morgan fingerprint density at radius 2 is 2.29 bits per heavy atom. The zero-order valence-electron chi connectivity index (χ0n) is 8.62. The van der Waals surface area contributed by atoms with Crippen LogP contribution in [0.4, 0.5) is 0 Å². The van der Waals surface area contributed by atoms with Crippen molar-refractivity contribution in [2.24, 2.45) is 5.92 Å². The Morgan fingerprint density at radius 1 is 1.57 bits per heavy atom. The van der Waals surface area contributed by atoms with Crippen LogP contribution in [0.25, 0.3) is 0 Å². The van der Waals surface area contributed by atoms with Crippen LogP contribution in [0.15, 0.2) is 0 Å². The second-order valence-electron chi connectivity index (χ2n) is 3.39. The first-order chi connectivity index (χ1) is 6.70. The molecular formula is C10H16O3S. The van der Waals surface area contributed by atoms with Crippen LogP contribution < -0.4 is 0 Å². The fourth-order valence-corrected chi connectivity index (χ4v) is 2.93. The molecule has 0 saturated carbocycles. The van der Waals surface area contributed by atoms with Gasteiger partial charge in [0, 0.05) is 0 Å². The molecule has 3 nitrogen and oxygen atoms in total. The molecule has 2 atom stereocenters. The highest BCUT2D eigenvalue weighted by atomic mass is 32.2. The molecule has 80 valence electrons. The SMILES string of the molecule is CCC(C(=O)OC)C(=O)C1CCCS1. The van der Waals surface area contributed by atoms with Gasteiger partial charge in [0.25, 0.3) is 0 Å². The van der Waals surface area contributed by atoms with Crippen LogP contribution in [0.5, 0.6) is 0 Å². The summed E-state index contributed by atoms with van der Waals surface area (Å²) in [7, 11) is 1.33. The monoisotopic (exact) mass is 216 g/mol.